The molecule has 0 spiro atoms. The molecule has 1 unspecified atom stereocenters. The number of carboxylic acids is 1. The van der Waals surface area contributed by atoms with Gasteiger partial charge in [0.05, 0.1) is 12.8 Å². The highest BCUT2D eigenvalue weighted by atomic mass is 32.2. The fraction of sp³-hybridized carbons (Fsp3) is 0.849. The lowest BCUT2D eigenvalue weighted by Gasteiger charge is -2.21. The number of thioether (sulfide) groups is 2. The van der Waals surface area contributed by atoms with Crippen LogP contribution in [-0.2, 0) is 52.6 Å². The summed E-state index contributed by atoms with van der Waals surface area (Å²) in [6.45, 7) is 12.8. The van der Waals surface area contributed by atoms with Gasteiger partial charge in [-0.2, -0.15) is 23.5 Å². The molecule has 0 aromatic carbocycles. The third-order valence-corrected chi connectivity index (χ3v) is 13.4. The van der Waals surface area contributed by atoms with Gasteiger partial charge < -0.3 is 39.8 Å². The lowest BCUT2D eigenvalue weighted by atomic mass is 10.1. The largest absolute Gasteiger partial charge is 0.481 e. The normalized spacial score (nSPS) is 11.1. The first-order chi connectivity index (χ1) is 34.1. The highest BCUT2D eigenvalue weighted by molar-refractivity contribution is 7.99. The molecule has 4 amide bonds. The molecule has 0 saturated heterocycles. The molecule has 0 bridgehead atoms. The molecule has 1 atom stereocenters. The number of aliphatic carboxylic acids is 1. The van der Waals surface area contributed by atoms with Crippen LogP contribution in [0.3, 0.4) is 0 Å². The second-order valence-corrected chi connectivity index (χ2v) is 20.6. The van der Waals surface area contributed by atoms with Crippen molar-refractivity contribution in [2.75, 3.05) is 75.5 Å². The summed E-state index contributed by atoms with van der Waals surface area (Å²) in [6, 6.07) is 0. The molecule has 0 aliphatic rings. The summed E-state index contributed by atoms with van der Waals surface area (Å²) in [7, 11) is 0. The molecule has 0 aromatic heterocycles. The van der Waals surface area contributed by atoms with E-state index >= 15 is 0 Å². The molecule has 0 fully saturated rings. The van der Waals surface area contributed by atoms with Crippen LogP contribution >= 0.6 is 23.5 Å². The van der Waals surface area contributed by atoms with E-state index in [1.54, 1.807) is 9.80 Å². The fourth-order valence-electron chi connectivity index (χ4n) is 7.20. The van der Waals surface area contributed by atoms with Gasteiger partial charge in [0.1, 0.15) is 13.2 Å². The van der Waals surface area contributed by atoms with E-state index in [-0.39, 0.29) is 68.0 Å². The van der Waals surface area contributed by atoms with Gasteiger partial charge >= 0.3 is 23.9 Å². The molecule has 18 heteroatoms. The second kappa shape index (κ2) is 51.4. The summed E-state index contributed by atoms with van der Waals surface area (Å²) in [5.74, 6) is 0.100. The lowest BCUT2D eigenvalue weighted by Crippen LogP contribution is -2.38. The Hall–Kier alpha value is -3.54. The lowest BCUT2D eigenvalue weighted by molar-refractivity contribution is -0.166. The standard InChI is InChI=1S/C42H78N2O8S.C11H20N2O4S/c1-5-7-9-11-13-15-17-19-21-23-25-27-40(47)50-35-39(52-42(49)28-26-24-22-20-18-16-14-12-10-8-6-2)36-51-41(48)29-33-53-34-32-44(38(4)46)31-30-43-37(3)45;1-9(14)12-4-5-13(10(2)15)6-8-18-7-3-11(16)17/h39H,5-36H2,1-4H3,(H,43,45);3-8H2,1-2H3,(H,12,14)(H,16,17). The molecule has 0 heterocycles. The molecule has 0 aliphatic carbocycles. The molecular weight excluding hydrogens is 949 g/mol. The number of nitrogens with zero attached hydrogens (tertiary/aromatic N) is 2. The van der Waals surface area contributed by atoms with Crippen molar-refractivity contribution in [1.29, 1.82) is 0 Å². The quantitative estimate of drug-likeness (QED) is 0.0294. The number of nitrogens with one attached hydrogen (secondary N) is 2. The molecule has 3 N–H and O–H groups in total. The molecule has 0 aliphatic heterocycles. The van der Waals surface area contributed by atoms with Gasteiger partial charge in [-0.05, 0) is 12.8 Å². The number of amides is 4. The van der Waals surface area contributed by atoms with Crippen LogP contribution in [0.1, 0.15) is 208 Å². The van der Waals surface area contributed by atoms with Crippen LogP contribution < -0.4 is 10.6 Å². The van der Waals surface area contributed by atoms with E-state index in [0.717, 1.165) is 38.5 Å². The summed E-state index contributed by atoms with van der Waals surface area (Å²) in [4.78, 5) is 96.2. The third kappa shape index (κ3) is 52.6. The van der Waals surface area contributed by atoms with Gasteiger partial charge in [0.2, 0.25) is 23.6 Å². The first-order valence-electron chi connectivity index (χ1n) is 27.0. The van der Waals surface area contributed by atoms with Gasteiger partial charge in [0.25, 0.3) is 0 Å². The fourth-order valence-corrected chi connectivity index (χ4v) is 8.94. The van der Waals surface area contributed by atoms with Crippen LogP contribution in [0.4, 0.5) is 0 Å². The third-order valence-electron chi connectivity index (χ3n) is 11.5. The minimum absolute atomic E-state index is 0.0424. The molecule has 16 nitrogen and oxygen atoms in total. The number of carbonyl (C=O) groups is 8. The number of unbranched alkanes of at least 4 members (excludes halogenated alkanes) is 20. The van der Waals surface area contributed by atoms with Crippen molar-refractivity contribution in [3.63, 3.8) is 0 Å². The van der Waals surface area contributed by atoms with Gasteiger partial charge in [-0.1, -0.05) is 142 Å². The molecule has 0 radical (unpaired) electrons. The van der Waals surface area contributed by atoms with Crippen molar-refractivity contribution < 1.29 is 57.7 Å². The molecule has 0 rings (SSSR count). The van der Waals surface area contributed by atoms with Gasteiger partial charge in [-0.25, -0.2) is 0 Å². The number of ether oxygens (including phenoxy) is 3. The van der Waals surface area contributed by atoms with Crippen LogP contribution in [-0.4, -0.2) is 144 Å². The number of hydrogen-bond donors (Lipinski definition) is 3. The maximum absolute atomic E-state index is 12.7. The van der Waals surface area contributed by atoms with Crippen molar-refractivity contribution in [3.8, 4) is 0 Å². The monoisotopic (exact) mass is 1050 g/mol. The molecule has 414 valence electrons. The summed E-state index contributed by atoms with van der Waals surface area (Å²) in [5, 5.41) is 13.8. The number of carbonyl (C=O) groups excluding carboxylic acids is 7. The molecule has 71 heavy (non-hydrogen) atoms. The Labute approximate surface area is 437 Å². The van der Waals surface area contributed by atoms with Gasteiger partial charge in [-0.15, -0.1) is 0 Å². The maximum atomic E-state index is 12.7. The van der Waals surface area contributed by atoms with E-state index in [9.17, 15) is 38.4 Å². The topological polar surface area (TPSA) is 215 Å². The summed E-state index contributed by atoms with van der Waals surface area (Å²) in [5.41, 5.74) is 0. The van der Waals surface area contributed by atoms with E-state index < -0.39 is 18.0 Å². The smallest absolute Gasteiger partial charge is 0.306 e. The van der Waals surface area contributed by atoms with Crippen LogP contribution in [0.25, 0.3) is 0 Å². The number of hydrogen-bond acceptors (Lipinski definition) is 13. The predicted octanol–water partition coefficient (Wildman–Crippen LogP) is 9.67. The number of carboxylic acid groups (broad SMARTS) is 1. The zero-order chi connectivity index (χ0) is 53.2. The molecule has 0 aromatic rings. The average Bonchev–Trinajstić information content (AvgIpc) is 3.31. The number of esters is 3. The van der Waals surface area contributed by atoms with Crippen LogP contribution in [0, 0.1) is 0 Å². The van der Waals surface area contributed by atoms with E-state index in [0.29, 0.717) is 68.7 Å². The Kier molecular flexibility index (Phi) is 50.3. The Morgan fingerprint density at radius 2 is 0.775 bits per heavy atom. The van der Waals surface area contributed by atoms with Crippen LogP contribution in [0.2, 0.25) is 0 Å². The Morgan fingerprint density at radius 3 is 1.13 bits per heavy atom. The highest BCUT2D eigenvalue weighted by Crippen LogP contribution is 2.15. The second-order valence-electron chi connectivity index (χ2n) is 18.1. The summed E-state index contributed by atoms with van der Waals surface area (Å²) in [6.07, 6.45) is 26.3. The SMILES string of the molecule is CC(=O)NCCN(CCSCCC(=O)O)C(C)=O.CCCCCCCCCCCCCC(=O)OCC(COC(=O)CCSCCN(CCNC(C)=O)C(C)=O)OC(=O)CCCCCCCCCCCCC. The Bertz CT molecular complexity index is 1410. The Balaban J connectivity index is 0. The van der Waals surface area contributed by atoms with E-state index in [1.807, 2.05) is 0 Å². The summed E-state index contributed by atoms with van der Waals surface area (Å²) >= 11 is 3.03. The van der Waals surface area contributed by atoms with Crippen molar-refractivity contribution in [2.24, 2.45) is 0 Å². The van der Waals surface area contributed by atoms with Crippen molar-refractivity contribution in [3.05, 3.63) is 0 Å². The van der Waals surface area contributed by atoms with Crippen LogP contribution in [0.5, 0.6) is 0 Å². The van der Waals surface area contributed by atoms with E-state index in [4.69, 9.17) is 19.3 Å². The average molecular weight is 1050 g/mol. The highest BCUT2D eigenvalue weighted by Gasteiger charge is 2.20. The molecule has 0 saturated carbocycles. The van der Waals surface area contributed by atoms with E-state index in [2.05, 4.69) is 24.5 Å². The molecular formula is C53H98N4O12S2. The Morgan fingerprint density at radius 1 is 0.437 bits per heavy atom. The zero-order valence-electron chi connectivity index (χ0n) is 45.1. The van der Waals surface area contributed by atoms with Crippen molar-refractivity contribution >= 4 is 71.0 Å². The minimum Gasteiger partial charge on any atom is -0.481 e. The van der Waals surface area contributed by atoms with Crippen molar-refractivity contribution in [2.45, 2.75) is 215 Å². The van der Waals surface area contributed by atoms with Crippen molar-refractivity contribution in [1.82, 2.24) is 20.4 Å². The summed E-state index contributed by atoms with van der Waals surface area (Å²) < 4.78 is 16.5. The first-order valence-corrected chi connectivity index (χ1v) is 29.3. The van der Waals surface area contributed by atoms with Gasteiger partial charge in [0, 0.05) is 103 Å². The van der Waals surface area contributed by atoms with Crippen LogP contribution in [0.15, 0.2) is 0 Å². The van der Waals surface area contributed by atoms with Gasteiger partial charge in [0.15, 0.2) is 6.10 Å². The van der Waals surface area contributed by atoms with E-state index in [1.165, 1.54) is 154 Å². The minimum atomic E-state index is -0.846. The number of rotatable bonds is 47. The first kappa shape index (κ1) is 69.5. The predicted molar refractivity (Wildman–Crippen MR) is 287 cm³/mol. The van der Waals surface area contributed by atoms with Gasteiger partial charge in [-0.3, -0.25) is 38.4 Å². The zero-order valence-corrected chi connectivity index (χ0v) is 46.7. The maximum Gasteiger partial charge on any atom is 0.306 e.